The minimum atomic E-state index is -0.889. The van der Waals surface area contributed by atoms with Gasteiger partial charge in [-0.2, -0.15) is 0 Å². The number of benzene rings is 2. The molecule has 2 aromatic rings. The second kappa shape index (κ2) is 12.5. The maximum atomic E-state index is 11.3. The van der Waals surface area contributed by atoms with Gasteiger partial charge in [-0.05, 0) is 49.2 Å². The van der Waals surface area contributed by atoms with Crippen molar-refractivity contribution in [3.63, 3.8) is 0 Å². The van der Waals surface area contributed by atoms with Crippen LogP contribution in [0.2, 0.25) is 0 Å². The van der Waals surface area contributed by atoms with Crippen molar-refractivity contribution < 1.29 is 68.8 Å². The van der Waals surface area contributed by atoms with Crippen LogP contribution in [0.25, 0.3) is 0 Å². The molecule has 2 aliphatic heterocycles. The van der Waals surface area contributed by atoms with Gasteiger partial charge in [0.15, 0.2) is 13.2 Å². The molecule has 2 aromatic carbocycles. The standard InChI is InChI=1S/C12H13NO3.C11H11NO4.Na.H2O/c1-7(8(2)14)9-3-4-10-11(5-9)16-6-12(15)13-10;1-6(11(14)15)7-2-3-8-9(4-7)16-5-10(13)12-8;;/h3-5,7H,6H2,1-2H3,(H,13,15);2-4,6H,5H2,1H3,(H,12,13)(H,14,15);;1H2/q;;+1;/p-1. The third-order valence-electron chi connectivity index (χ3n) is 5.26. The summed E-state index contributed by atoms with van der Waals surface area (Å²) in [4.78, 5) is 44.1. The molecule has 2 aliphatic rings. The number of carboxylic acids is 1. The Balaban J connectivity index is 0.000000321. The monoisotopic (exact) mass is 480 g/mol. The summed E-state index contributed by atoms with van der Waals surface area (Å²) in [6.07, 6.45) is 0. The topological polar surface area (TPSA) is 161 Å². The molecule has 0 aliphatic carbocycles. The van der Waals surface area contributed by atoms with Gasteiger partial charge in [0.1, 0.15) is 17.3 Å². The number of ether oxygens (including phenoxy) is 2. The van der Waals surface area contributed by atoms with Gasteiger partial charge in [-0.1, -0.05) is 19.1 Å². The second-order valence-corrected chi connectivity index (χ2v) is 7.58. The van der Waals surface area contributed by atoms with E-state index >= 15 is 0 Å². The number of nitrogens with one attached hydrogen (secondary N) is 2. The maximum Gasteiger partial charge on any atom is 1.00 e. The Kier molecular flexibility index (Phi) is 10.7. The molecule has 0 fully saturated rings. The first kappa shape index (κ1) is 29.1. The normalized spacial score (nSPS) is 14.8. The number of carbonyl (C=O) groups is 4. The van der Waals surface area contributed by atoms with Gasteiger partial charge in [0, 0.05) is 5.92 Å². The van der Waals surface area contributed by atoms with E-state index in [1.807, 2.05) is 13.0 Å². The van der Waals surface area contributed by atoms with Gasteiger partial charge < -0.3 is 30.7 Å². The Morgan fingerprint density at radius 1 is 0.853 bits per heavy atom. The number of hydrogen-bond donors (Lipinski definition) is 3. The predicted octanol–water partition coefficient (Wildman–Crippen LogP) is -0.257. The van der Waals surface area contributed by atoms with Crippen LogP contribution in [0.1, 0.15) is 43.7 Å². The van der Waals surface area contributed by atoms with Crippen molar-refractivity contribution in [3.8, 4) is 11.5 Å². The Morgan fingerprint density at radius 3 is 1.65 bits per heavy atom. The van der Waals surface area contributed by atoms with Gasteiger partial charge in [-0.15, -0.1) is 0 Å². The molecule has 0 spiro atoms. The van der Waals surface area contributed by atoms with Crippen LogP contribution in [0.4, 0.5) is 11.4 Å². The Bertz CT molecular complexity index is 1000. The first-order chi connectivity index (χ1) is 15.2. The van der Waals surface area contributed by atoms with Crippen molar-refractivity contribution in [3.05, 3.63) is 47.5 Å². The SMILES string of the molecule is CC(=O)C(C)c1ccc2c(c1)OCC(=O)N2.CC(C(=O)O)c1ccc2c(c1)OCC(=O)N2.[Na+].[OH-]. The fraction of sp³-hybridized carbons (Fsp3) is 0.304. The van der Waals surface area contributed by atoms with Crippen LogP contribution in [0.5, 0.6) is 11.5 Å². The van der Waals surface area contributed by atoms with Crippen LogP contribution in [0.15, 0.2) is 36.4 Å². The summed E-state index contributed by atoms with van der Waals surface area (Å²) in [7, 11) is 0. The number of amides is 2. The predicted molar refractivity (Wildman–Crippen MR) is 118 cm³/mol. The fourth-order valence-electron chi connectivity index (χ4n) is 3.10. The van der Waals surface area contributed by atoms with E-state index in [0.717, 1.165) is 5.56 Å². The summed E-state index contributed by atoms with van der Waals surface area (Å²) in [5.41, 5.74) is 2.80. The van der Waals surface area contributed by atoms with Gasteiger partial charge in [-0.3, -0.25) is 19.2 Å². The average molecular weight is 480 g/mol. The second-order valence-electron chi connectivity index (χ2n) is 7.58. The van der Waals surface area contributed by atoms with Crippen molar-refractivity contribution in [2.24, 2.45) is 0 Å². The molecule has 11 heteroatoms. The Morgan fingerprint density at radius 2 is 1.26 bits per heavy atom. The van der Waals surface area contributed by atoms with E-state index in [1.54, 1.807) is 44.2 Å². The number of anilines is 2. The van der Waals surface area contributed by atoms with Crippen LogP contribution in [0, 0.1) is 0 Å². The van der Waals surface area contributed by atoms with Gasteiger partial charge in [0.05, 0.1) is 17.3 Å². The molecule has 2 atom stereocenters. The third kappa shape index (κ3) is 7.04. The summed E-state index contributed by atoms with van der Waals surface area (Å²) < 4.78 is 10.5. The molecule has 2 amide bonds. The number of fused-ring (bicyclic) bond motifs is 2. The van der Waals surface area contributed by atoms with Crippen LogP contribution in [-0.2, 0) is 19.2 Å². The summed E-state index contributed by atoms with van der Waals surface area (Å²) >= 11 is 0. The third-order valence-corrected chi connectivity index (χ3v) is 5.26. The number of ketones is 1. The smallest absolute Gasteiger partial charge is 0.870 e. The molecule has 34 heavy (non-hydrogen) atoms. The van der Waals surface area contributed by atoms with Gasteiger partial charge >= 0.3 is 35.5 Å². The van der Waals surface area contributed by atoms with Crippen molar-refractivity contribution in [2.45, 2.75) is 32.6 Å². The minimum Gasteiger partial charge on any atom is -0.870 e. The number of rotatable bonds is 4. The van der Waals surface area contributed by atoms with Crippen LogP contribution in [-0.4, -0.2) is 47.4 Å². The maximum absolute atomic E-state index is 11.3. The minimum absolute atomic E-state index is 0. The zero-order valence-electron chi connectivity index (χ0n) is 19.4. The van der Waals surface area contributed by atoms with Crippen molar-refractivity contribution in [1.82, 2.24) is 0 Å². The first-order valence-corrected chi connectivity index (χ1v) is 10.0. The van der Waals surface area contributed by atoms with Crippen LogP contribution in [0.3, 0.4) is 0 Å². The molecule has 0 saturated carbocycles. The van der Waals surface area contributed by atoms with E-state index in [0.29, 0.717) is 28.4 Å². The number of Topliss-reactive ketones (excluding diaryl/α,β-unsaturated/α-hetero) is 1. The molecule has 0 aromatic heterocycles. The molecule has 4 N–H and O–H groups in total. The van der Waals surface area contributed by atoms with Gasteiger partial charge in [0.25, 0.3) is 11.8 Å². The summed E-state index contributed by atoms with van der Waals surface area (Å²) in [5, 5.41) is 14.2. The van der Waals surface area contributed by atoms with E-state index in [2.05, 4.69) is 10.6 Å². The van der Waals surface area contributed by atoms with Gasteiger partial charge in [-0.25, -0.2) is 0 Å². The number of carboxylic acid groups (broad SMARTS) is 1. The molecule has 0 saturated heterocycles. The Hall–Kier alpha value is -2.92. The molecular formula is C23H25N2NaO8. The largest absolute Gasteiger partial charge is 1.00 e. The van der Waals surface area contributed by atoms with E-state index < -0.39 is 11.9 Å². The van der Waals surface area contributed by atoms with Crippen LogP contribution >= 0.6 is 0 Å². The molecule has 4 rings (SSSR count). The van der Waals surface area contributed by atoms with E-state index in [4.69, 9.17) is 14.6 Å². The Labute approximate surface area is 218 Å². The van der Waals surface area contributed by atoms with Crippen molar-refractivity contribution >= 4 is 34.9 Å². The molecular weight excluding hydrogens is 455 g/mol. The first-order valence-electron chi connectivity index (χ1n) is 10.0. The molecule has 176 valence electrons. The van der Waals surface area contributed by atoms with E-state index in [-0.39, 0.29) is 71.8 Å². The fourth-order valence-corrected chi connectivity index (χ4v) is 3.10. The molecule has 2 unspecified atom stereocenters. The number of aliphatic carboxylic acids is 1. The molecule has 10 nitrogen and oxygen atoms in total. The molecule has 0 bridgehead atoms. The molecule has 0 radical (unpaired) electrons. The van der Waals surface area contributed by atoms with Crippen molar-refractivity contribution in [1.29, 1.82) is 0 Å². The van der Waals surface area contributed by atoms with E-state index in [9.17, 15) is 19.2 Å². The van der Waals surface area contributed by atoms with Crippen molar-refractivity contribution in [2.75, 3.05) is 23.8 Å². The number of hydrogen-bond acceptors (Lipinski definition) is 7. The van der Waals surface area contributed by atoms with Gasteiger partial charge in [0.2, 0.25) is 0 Å². The zero-order chi connectivity index (χ0) is 23.4. The summed E-state index contributed by atoms with van der Waals surface area (Å²) in [6, 6.07) is 10.4. The van der Waals surface area contributed by atoms with Crippen LogP contribution < -0.4 is 49.7 Å². The summed E-state index contributed by atoms with van der Waals surface area (Å²) in [5.74, 6) is -0.723. The average Bonchev–Trinajstić information content (AvgIpc) is 2.77. The van der Waals surface area contributed by atoms with E-state index in [1.165, 1.54) is 0 Å². The quantitative estimate of drug-likeness (QED) is 0.505. The zero-order valence-corrected chi connectivity index (χ0v) is 21.4. The molecule has 2 heterocycles. The summed E-state index contributed by atoms with van der Waals surface area (Å²) in [6.45, 7) is 5.02. The number of carbonyl (C=O) groups excluding carboxylic acids is 3.